The molecule has 1 saturated heterocycles. The Morgan fingerprint density at radius 1 is 1.42 bits per heavy atom. The van der Waals surface area contributed by atoms with Crippen molar-refractivity contribution in [1.82, 2.24) is 9.47 Å². The maximum absolute atomic E-state index is 12.5. The van der Waals surface area contributed by atoms with Gasteiger partial charge in [0, 0.05) is 25.0 Å². The lowest BCUT2D eigenvalue weighted by Crippen LogP contribution is -2.33. The van der Waals surface area contributed by atoms with Crippen LogP contribution < -0.4 is 10.1 Å². The number of hydrogen-bond acceptors (Lipinski definition) is 5. The molecule has 1 N–H and O–H groups in total. The molecule has 3 rings (SSSR count). The molecule has 0 spiro atoms. The Hall–Kier alpha value is -2.87. The molecular weight excluding hydrogens is 336 g/mol. The number of nitrogens with zero attached hydrogens (tertiary/aromatic N) is 3. The maximum atomic E-state index is 12.5. The van der Waals surface area contributed by atoms with Crippen molar-refractivity contribution in [3.05, 3.63) is 52.3 Å². The lowest BCUT2D eigenvalue weighted by molar-refractivity contribution is -0.384. The second-order valence-corrected chi connectivity index (χ2v) is 6.36. The first-order chi connectivity index (χ1) is 12.5. The van der Waals surface area contributed by atoms with Crippen LogP contribution in [0.25, 0.3) is 0 Å². The molecule has 138 valence electrons. The van der Waals surface area contributed by atoms with Gasteiger partial charge in [-0.1, -0.05) is 0 Å². The number of nitrogens with one attached hydrogen (secondary N) is 1. The summed E-state index contributed by atoms with van der Waals surface area (Å²) >= 11 is 0. The third kappa shape index (κ3) is 3.70. The quantitative estimate of drug-likeness (QED) is 0.633. The number of aryl methyl sites for hydroxylation is 1. The number of carbonyl (C=O) groups excluding carboxylic acids is 1. The number of nitro groups is 1. The topological polar surface area (TPSA) is 89.6 Å². The zero-order valence-corrected chi connectivity index (χ0v) is 14.8. The van der Waals surface area contributed by atoms with E-state index in [0.717, 1.165) is 19.4 Å². The normalized spacial score (nSPS) is 17.2. The summed E-state index contributed by atoms with van der Waals surface area (Å²) in [6.45, 7) is 1.12. The molecule has 1 aromatic heterocycles. The first-order valence-electron chi connectivity index (χ1n) is 8.47. The summed E-state index contributed by atoms with van der Waals surface area (Å²) in [7, 11) is 3.42. The molecule has 8 heteroatoms. The number of non-ortho nitro benzene ring substituents is 1. The molecule has 2 heterocycles. The van der Waals surface area contributed by atoms with Crippen LogP contribution in [0.15, 0.2) is 36.5 Å². The highest BCUT2D eigenvalue weighted by Crippen LogP contribution is 2.32. The Labute approximate surface area is 151 Å². The number of rotatable bonds is 6. The number of anilines is 1. The Bertz CT molecular complexity index is 817. The van der Waals surface area contributed by atoms with Gasteiger partial charge in [0.2, 0.25) is 5.91 Å². The summed E-state index contributed by atoms with van der Waals surface area (Å²) in [5, 5.41) is 13.7. The van der Waals surface area contributed by atoms with Gasteiger partial charge in [-0.2, -0.15) is 0 Å². The predicted octanol–water partition coefficient (Wildman–Crippen LogP) is 2.72. The van der Waals surface area contributed by atoms with Crippen molar-refractivity contribution >= 4 is 17.3 Å². The Morgan fingerprint density at radius 3 is 2.88 bits per heavy atom. The van der Waals surface area contributed by atoms with Crippen LogP contribution >= 0.6 is 0 Å². The molecular formula is C18H22N4O4. The summed E-state index contributed by atoms with van der Waals surface area (Å²) in [6.07, 6.45) is 4.07. The SMILES string of the molecule is COc1cc([N+](=O)[O-])ccc1NC(=O)CN1CCC[C@H]1c1cccn1C. The van der Waals surface area contributed by atoms with Crippen LogP contribution in [0, 0.1) is 10.1 Å². The van der Waals surface area contributed by atoms with E-state index in [0.29, 0.717) is 5.69 Å². The third-order valence-corrected chi connectivity index (χ3v) is 4.71. The monoisotopic (exact) mass is 358 g/mol. The summed E-state index contributed by atoms with van der Waals surface area (Å²) in [4.78, 5) is 25.0. The highest BCUT2D eigenvalue weighted by atomic mass is 16.6. The largest absolute Gasteiger partial charge is 0.494 e. The minimum absolute atomic E-state index is 0.0804. The van der Waals surface area contributed by atoms with Crippen molar-refractivity contribution in [1.29, 1.82) is 0 Å². The Kier molecular flexibility index (Phi) is 5.22. The van der Waals surface area contributed by atoms with Gasteiger partial charge >= 0.3 is 0 Å². The van der Waals surface area contributed by atoms with Gasteiger partial charge in [0.25, 0.3) is 5.69 Å². The van der Waals surface area contributed by atoms with Gasteiger partial charge in [0.1, 0.15) is 5.75 Å². The molecule has 0 unspecified atom stereocenters. The number of nitro benzene ring substituents is 1. The number of hydrogen-bond donors (Lipinski definition) is 1. The fraction of sp³-hybridized carbons (Fsp3) is 0.389. The minimum atomic E-state index is -0.497. The number of methoxy groups -OCH3 is 1. The zero-order chi connectivity index (χ0) is 18.7. The van der Waals surface area contributed by atoms with Crippen molar-refractivity contribution in [3.63, 3.8) is 0 Å². The number of benzene rings is 1. The number of aromatic nitrogens is 1. The van der Waals surface area contributed by atoms with E-state index in [-0.39, 0.29) is 29.9 Å². The molecule has 0 bridgehead atoms. The van der Waals surface area contributed by atoms with E-state index >= 15 is 0 Å². The highest BCUT2D eigenvalue weighted by molar-refractivity contribution is 5.94. The van der Waals surface area contributed by atoms with Gasteiger partial charge in [0.15, 0.2) is 0 Å². The summed E-state index contributed by atoms with van der Waals surface area (Å²) < 4.78 is 7.25. The molecule has 0 radical (unpaired) electrons. The average Bonchev–Trinajstić information content (AvgIpc) is 3.23. The molecule has 8 nitrogen and oxygen atoms in total. The number of ether oxygens (including phenoxy) is 1. The van der Waals surface area contributed by atoms with Crippen molar-refractivity contribution in [3.8, 4) is 5.75 Å². The van der Waals surface area contributed by atoms with E-state index in [1.165, 1.54) is 31.0 Å². The molecule has 26 heavy (non-hydrogen) atoms. The average molecular weight is 358 g/mol. The van der Waals surface area contributed by atoms with E-state index in [2.05, 4.69) is 20.9 Å². The van der Waals surface area contributed by atoms with Crippen LogP contribution in [0.3, 0.4) is 0 Å². The lowest BCUT2D eigenvalue weighted by Gasteiger charge is -2.24. The summed E-state index contributed by atoms with van der Waals surface area (Å²) in [5.41, 5.74) is 1.55. The van der Waals surface area contributed by atoms with Gasteiger partial charge < -0.3 is 14.6 Å². The van der Waals surface area contributed by atoms with Gasteiger partial charge in [-0.3, -0.25) is 19.8 Å². The van der Waals surface area contributed by atoms with Gasteiger partial charge in [-0.05, 0) is 37.6 Å². The smallest absolute Gasteiger partial charge is 0.273 e. The van der Waals surface area contributed by atoms with Crippen LogP contribution in [0.4, 0.5) is 11.4 Å². The van der Waals surface area contributed by atoms with Crippen molar-refractivity contribution in [2.75, 3.05) is 25.5 Å². The fourth-order valence-corrected chi connectivity index (χ4v) is 3.44. The van der Waals surface area contributed by atoms with Gasteiger partial charge in [-0.25, -0.2) is 0 Å². The van der Waals surface area contributed by atoms with Crippen molar-refractivity contribution in [2.45, 2.75) is 18.9 Å². The van der Waals surface area contributed by atoms with Gasteiger partial charge in [-0.15, -0.1) is 0 Å². The third-order valence-electron chi connectivity index (χ3n) is 4.71. The van der Waals surface area contributed by atoms with Crippen LogP contribution in [-0.4, -0.2) is 40.5 Å². The summed E-state index contributed by atoms with van der Waals surface area (Å²) in [5.74, 6) is 0.103. The van der Waals surface area contributed by atoms with E-state index < -0.39 is 4.92 Å². The van der Waals surface area contributed by atoms with E-state index in [4.69, 9.17) is 4.74 Å². The van der Waals surface area contributed by atoms with E-state index in [9.17, 15) is 14.9 Å². The maximum Gasteiger partial charge on any atom is 0.273 e. The second-order valence-electron chi connectivity index (χ2n) is 6.36. The molecule has 1 aromatic carbocycles. The number of amides is 1. The van der Waals surface area contributed by atoms with E-state index in [1.807, 2.05) is 19.3 Å². The first-order valence-corrected chi connectivity index (χ1v) is 8.47. The molecule has 1 atom stereocenters. The standard InChI is InChI=1S/C18H22N4O4/c1-20-9-3-5-15(20)16-6-4-10-21(16)12-18(23)19-14-8-7-13(22(24)25)11-17(14)26-2/h3,5,7-9,11,16H,4,6,10,12H2,1-2H3,(H,19,23)/t16-/m0/s1. The summed E-state index contributed by atoms with van der Waals surface area (Å²) in [6, 6.07) is 8.46. The van der Waals surface area contributed by atoms with Crippen LogP contribution in [0.2, 0.25) is 0 Å². The van der Waals surface area contributed by atoms with E-state index in [1.54, 1.807) is 0 Å². The minimum Gasteiger partial charge on any atom is -0.494 e. The molecule has 2 aromatic rings. The molecule has 1 fully saturated rings. The molecule has 1 amide bonds. The van der Waals surface area contributed by atoms with Crippen molar-refractivity contribution in [2.24, 2.45) is 7.05 Å². The lowest BCUT2D eigenvalue weighted by atomic mass is 10.1. The van der Waals surface area contributed by atoms with Crippen LogP contribution in [-0.2, 0) is 11.8 Å². The fourth-order valence-electron chi connectivity index (χ4n) is 3.44. The Morgan fingerprint density at radius 2 is 2.23 bits per heavy atom. The molecule has 1 aliphatic rings. The van der Waals surface area contributed by atoms with Crippen LogP contribution in [0.5, 0.6) is 5.75 Å². The molecule has 0 aliphatic carbocycles. The highest BCUT2D eigenvalue weighted by Gasteiger charge is 2.29. The van der Waals surface area contributed by atoms with Crippen LogP contribution in [0.1, 0.15) is 24.6 Å². The van der Waals surface area contributed by atoms with Crippen molar-refractivity contribution < 1.29 is 14.5 Å². The second kappa shape index (κ2) is 7.57. The molecule has 0 saturated carbocycles. The number of likely N-dealkylation sites (tertiary alicyclic amines) is 1. The molecule has 1 aliphatic heterocycles. The Balaban J connectivity index is 1.69. The first kappa shape index (κ1) is 17.9. The van der Waals surface area contributed by atoms with Gasteiger partial charge in [0.05, 0.1) is 36.4 Å². The zero-order valence-electron chi connectivity index (χ0n) is 14.8. The number of carbonyl (C=O) groups is 1. The predicted molar refractivity (Wildman–Crippen MR) is 97.2 cm³/mol.